The van der Waals surface area contributed by atoms with Gasteiger partial charge in [0.2, 0.25) is 0 Å². The molecule has 0 spiro atoms. The molecule has 1 aliphatic rings. The van der Waals surface area contributed by atoms with Crippen molar-refractivity contribution < 1.29 is 0 Å². The molecule has 0 aromatic carbocycles. The molecule has 2 heterocycles. The second-order valence-corrected chi connectivity index (χ2v) is 5.60. The number of hydrogen-bond acceptors (Lipinski definition) is 4. The highest BCUT2D eigenvalue weighted by atomic mass is 35.5. The van der Waals surface area contributed by atoms with Crippen molar-refractivity contribution >= 4 is 22.9 Å². The Morgan fingerprint density at radius 1 is 1.73 bits per heavy atom. The van der Waals surface area contributed by atoms with Crippen LogP contribution in [0.2, 0.25) is 4.47 Å². The largest absolute Gasteiger partial charge is 0.318 e. The first-order valence-corrected chi connectivity index (χ1v) is 6.48. The Hall–Kier alpha value is -0.160. The molecular formula is C10H16ClN3S. The topological polar surface area (TPSA) is 28.2 Å². The lowest BCUT2D eigenvalue weighted by molar-refractivity contribution is 0.244. The Labute approximate surface area is 99.5 Å². The van der Waals surface area contributed by atoms with Crippen LogP contribution in [0.1, 0.15) is 17.7 Å². The summed E-state index contributed by atoms with van der Waals surface area (Å²) < 4.78 is 0.648. The highest BCUT2D eigenvalue weighted by molar-refractivity contribution is 7.15. The van der Waals surface area contributed by atoms with E-state index in [0.29, 0.717) is 10.5 Å². The van der Waals surface area contributed by atoms with Crippen LogP contribution in [-0.2, 0) is 6.54 Å². The van der Waals surface area contributed by atoms with Crippen molar-refractivity contribution in [1.29, 1.82) is 0 Å². The van der Waals surface area contributed by atoms with Gasteiger partial charge in [-0.2, -0.15) is 0 Å². The molecule has 2 rings (SSSR count). The SMILES string of the molecule is CNCC1CCCN1Cc1cnc(Cl)s1. The molecule has 1 fully saturated rings. The van der Waals surface area contributed by atoms with Gasteiger partial charge in [-0.25, -0.2) is 4.98 Å². The fourth-order valence-electron chi connectivity index (χ4n) is 2.13. The third kappa shape index (κ3) is 2.91. The molecule has 15 heavy (non-hydrogen) atoms. The molecule has 0 amide bonds. The molecule has 0 radical (unpaired) electrons. The number of likely N-dealkylation sites (N-methyl/N-ethyl adjacent to an activating group) is 1. The van der Waals surface area contributed by atoms with Crippen LogP contribution >= 0.6 is 22.9 Å². The van der Waals surface area contributed by atoms with Crippen LogP contribution in [0.5, 0.6) is 0 Å². The molecule has 3 nitrogen and oxygen atoms in total. The van der Waals surface area contributed by atoms with E-state index < -0.39 is 0 Å². The molecule has 0 bridgehead atoms. The minimum Gasteiger partial charge on any atom is -0.318 e. The second kappa shape index (κ2) is 5.25. The second-order valence-electron chi connectivity index (χ2n) is 3.90. The lowest BCUT2D eigenvalue weighted by Gasteiger charge is -2.23. The van der Waals surface area contributed by atoms with Gasteiger partial charge in [0.25, 0.3) is 0 Å². The summed E-state index contributed by atoms with van der Waals surface area (Å²) >= 11 is 7.41. The van der Waals surface area contributed by atoms with Crippen LogP contribution in [0.4, 0.5) is 0 Å². The number of nitrogens with zero attached hydrogens (tertiary/aromatic N) is 2. The predicted octanol–water partition coefficient (Wildman–Crippen LogP) is 1.98. The highest BCUT2D eigenvalue weighted by Crippen LogP contribution is 2.24. The molecular weight excluding hydrogens is 230 g/mol. The van der Waals surface area contributed by atoms with Gasteiger partial charge in [0.1, 0.15) is 0 Å². The fraction of sp³-hybridized carbons (Fsp3) is 0.700. The van der Waals surface area contributed by atoms with Crippen molar-refractivity contribution in [3.05, 3.63) is 15.5 Å². The number of likely N-dealkylation sites (tertiary alicyclic amines) is 1. The zero-order valence-corrected chi connectivity index (χ0v) is 10.4. The Balaban J connectivity index is 1.93. The van der Waals surface area contributed by atoms with Crippen LogP contribution in [0.3, 0.4) is 0 Å². The van der Waals surface area contributed by atoms with Crippen molar-refractivity contribution in [3.63, 3.8) is 0 Å². The number of halogens is 1. The molecule has 1 atom stereocenters. The highest BCUT2D eigenvalue weighted by Gasteiger charge is 2.24. The molecule has 5 heteroatoms. The van der Waals surface area contributed by atoms with Crippen molar-refractivity contribution in [1.82, 2.24) is 15.2 Å². The van der Waals surface area contributed by atoms with Gasteiger partial charge in [0.15, 0.2) is 4.47 Å². The van der Waals surface area contributed by atoms with E-state index in [2.05, 4.69) is 15.2 Å². The van der Waals surface area contributed by atoms with E-state index >= 15 is 0 Å². The van der Waals surface area contributed by atoms with Gasteiger partial charge in [0, 0.05) is 30.2 Å². The smallest absolute Gasteiger partial charge is 0.183 e. The van der Waals surface area contributed by atoms with Gasteiger partial charge in [-0.05, 0) is 26.4 Å². The molecule has 1 aromatic heterocycles. The Morgan fingerprint density at radius 2 is 2.60 bits per heavy atom. The zero-order chi connectivity index (χ0) is 10.7. The van der Waals surface area contributed by atoms with Gasteiger partial charge >= 0.3 is 0 Å². The average molecular weight is 246 g/mol. The summed E-state index contributed by atoms with van der Waals surface area (Å²) in [5, 5.41) is 3.25. The molecule has 0 saturated carbocycles. The standard InChI is InChI=1S/C10H16ClN3S/c1-12-5-8-3-2-4-14(8)7-9-6-13-10(11)15-9/h6,8,12H,2-5,7H2,1H3. The molecule has 84 valence electrons. The number of rotatable bonds is 4. The monoisotopic (exact) mass is 245 g/mol. The molecule has 1 unspecified atom stereocenters. The summed E-state index contributed by atoms with van der Waals surface area (Å²) in [5.41, 5.74) is 0. The van der Waals surface area contributed by atoms with Crippen LogP contribution in [0.25, 0.3) is 0 Å². The Bertz CT molecular complexity index is 315. The van der Waals surface area contributed by atoms with E-state index in [4.69, 9.17) is 11.6 Å². The van der Waals surface area contributed by atoms with Crippen molar-refractivity contribution in [2.75, 3.05) is 20.1 Å². The van der Waals surface area contributed by atoms with Gasteiger partial charge in [-0.1, -0.05) is 11.6 Å². The number of hydrogen-bond donors (Lipinski definition) is 1. The number of nitrogens with one attached hydrogen (secondary N) is 1. The Morgan fingerprint density at radius 3 is 3.27 bits per heavy atom. The quantitative estimate of drug-likeness (QED) is 0.879. The van der Waals surface area contributed by atoms with Gasteiger partial charge in [0.05, 0.1) is 0 Å². The summed E-state index contributed by atoms with van der Waals surface area (Å²) in [6, 6.07) is 0.677. The lowest BCUT2D eigenvalue weighted by Crippen LogP contribution is -2.36. The maximum atomic E-state index is 5.82. The van der Waals surface area contributed by atoms with E-state index in [1.807, 2.05) is 13.2 Å². The zero-order valence-electron chi connectivity index (χ0n) is 8.87. The maximum Gasteiger partial charge on any atom is 0.183 e. The summed E-state index contributed by atoms with van der Waals surface area (Å²) in [5.74, 6) is 0. The van der Waals surface area contributed by atoms with Crippen LogP contribution in [0.15, 0.2) is 6.20 Å². The lowest BCUT2D eigenvalue weighted by atomic mass is 10.2. The van der Waals surface area contributed by atoms with Crippen molar-refractivity contribution in [3.8, 4) is 0 Å². The number of thiazole rings is 1. The molecule has 0 aliphatic carbocycles. The predicted molar refractivity (Wildman–Crippen MR) is 64.5 cm³/mol. The van der Waals surface area contributed by atoms with Crippen molar-refractivity contribution in [2.45, 2.75) is 25.4 Å². The Kier molecular flexibility index (Phi) is 3.97. The van der Waals surface area contributed by atoms with Crippen LogP contribution in [0, 0.1) is 0 Å². The van der Waals surface area contributed by atoms with E-state index in [-0.39, 0.29) is 0 Å². The normalized spacial score (nSPS) is 22.4. The van der Waals surface area contributed by atoms with Crippen LogP contribution < -0.4 is 5.32 Å². The molecule has 1 aliphatic heterocycles. The van der Waals surface area contributed by atoms with Crippen LogP contribution in [-0.4, -0.2) is 36.1 Å². The summed E-state index contributed by atoms with van der Waals surface area (Å²) in [7, 11) is 2.01. The van der Waals surface area contributed by atoms with Crippen molar-refractivity contribution in [2.24, 2.45) is 0 Å². The first-order chi connectivity index (χ1) is 7.29. The minimum absolute atomic E-state index is 0.648. The first kappa shape index (κ1) is 11.3. The first-order valence-electron chi connectivity index (χ1n) is 5.28. The summed E-state index contributed by atoms with van der Waals surface area (Å²) in [4.78, 5) is 7.85. The van der Waals surface area contributed by atoms with E-state index in [1.54, 1.807) is 11.3 Å². The number of aromatic nitrogens is 1. The third-order valence-corrected chi connectivity index (χ3v) is 3.92. The molecule has 1 N–H and O–H groups in total. The van der Waals surface area contributed by atoms with Gasteiger partial charge in [-0.3, -0.25) is 4.90 Å². The van der Waals surface area contributed by atoms with Gasteiger partial charge in [-0.15, -0.1) is 11.3 Å². The average Bonchev–Trinajstić information content (AvgIpc) is 2.78. The minimum atomic E-state index is 0.648. The van der Waals surface area contributed by atoms with E-state index in [1.165, 1.54) is 24.3 Å². The molecule has 1 aromatic rings. The maximum absolute atomic E-state index is 5.82. The van der Waals surface area contributed by atoms with Gasteiger partial charge < -0.3 is 5.32 Å². The van der Waals surface area contributed by atoms with E-state index in [9.17, 15) is 0 Å². The fourth-order valence-corrected chi connectivity index (χ4v) is 3.13. The third-order valence-electron chi connectivity index (χ3n) is 2.82. The summed E-state index contributed by atoms with van der Waals surface area (Å²) in [6.07, 6.45) is 4.49. The van der Waals surface area contributed by atoms with E-state index in [0.717, 1.165) is 13.1 Å². The summed E-state index contributed by atoms with van der Waals surface area (Å²) in [6.45, 7) is 3.27. The molecule has 1 saturated heterocycles.